The Morgan fingerprint density at radius 2 is 1.81 bits per heavy atom. The molecule has 0 N–H and O–H groups in total. The third-order valence-corrected chi connectivity index (χ3v) is 5.62. The van der Waals surface area contributed by atoms with Crippen LogP contribution in [0.4, 0.5) is 11.9 Å². The number of rotatable bonds is 5. The predicted molar refractivity (Wildman–Crippen MR) is 83.9 cm³/mol. The first-order valence-electron chi connectivity index (χ1n) is 6.96. The van der Waals surface area contributed by atoms with Crippen molar-refractivity contribution in [2.24, 2.45) is 0 Å². The smallest absolute Gasteiger partial charge is 0.231 e. The molecule has 1 aliphatic heterocycles. The summed E-state index contributed by atoms with van der Waals surface area (Å²) in [4.78, 5) is 16.4. The highest BCUT2D eigenvalue weighted by Gasteiger charge is 2.32. The van der Waals surface area contributed by atoms with Gasteiger partial charge in [0.25, 0.3) is 0 Å². The molecule has 1 aromatic heterocycles. The van der Waals surface area contributed by atoms with Crippen LogP contribution >= 0.6 is 11.6 Å². The number of anilines is 2. The van der Waals surface area contributed by atoms with E-state index in [1.54, 1.807) is 11.9 Å². The molecule has 0 amide bonds. The van der Waals surface area contributed by atoms with E-state index < -0.39 is 9.84 Å². The van der Waals surface area contributed by atoms with Gasteiger partial charge in [0.05, 0.1) is 11.5 Å². The molecule has 21 heavy (non-hydrogen) atoms. The van der Waals surface area contributed by atoms with Crippen LogP contribution in [0.25, 0.3) is 0 Å². The summed E-state index contributed by atoms with van der Waals surface area (Å²) in [6.07, 6.45) is 0.586. The quantitative estimate of drug-likeness (QED) is 0.795. The van der Waals surface area contributed by atoms with Crippen LogP contribution in [0, 0.1) is 0 Å². The van der Waals surface area contributed by atoms with E-state index in [2.05, 4.69) is 15.0 Å². The molecule has 1 unspecified atom stereocenters. The van der Waals surface area contributed by atoms with Gasteiger partial charge < -0.3 is 9.80 Å². The van der Waals surface area contributed by atoms with Gasteiger partial charge in [0.15, 0.2) is 9.84 Å². The van der Waals surface area contributed by atoms with E-state index >= 15 is 0 Å². The molecular formula is C12H20ClN5O2S. The molecule has 0 aliphatic carbocycles. The van der Waals surface area contributed by atoms with Crippen LogP contribution in [-0.4, -0.2) is 61.1 Å². The zero-order valence-corrected chi connectivity index (χ0v) is 14.0. The number of hydrogen-bond acceptors (Lipinski definition) is 7. The average Bonchev–Trinajstić information content (AvgIpc) is 2.79. The minimum atomic E-state index is -2.95. The second kappa shape index (κ2) is 6.31. The van der Waals surface area contributed by atoms with Crippen LogP contribution in [0.5, 0.6) is 0 Å². The van der Waals surface area contributed by atoms with E-state index in [9.17, 15) is 8.42 Å². The average molecular weight is 334 g/mol. The maximum atomic E-state index is 11.6. The third-order valence-electron chi connectivity index (χ3n) is 3.70. The van der Waals surface area contributed by atoms with Gasteiger partial charge in [-0.3, -0.25) is 0 Å². The van der Waals surface area contributed by atoms with Gasteiger partial charge in [0.2, 0.25) is 17.2 Å². The van der Waals surface area contributed by atoms with Crippen molar-refractivity contribution in [3.63, 3.8) is 0 Å². The minimum Gasteiger partial charge on any atom is -0.341 e. The predicted octanol–water partition coefficient (Wildman–Crippen LogP) is 0.994. The largest absolute Gasteiger partial charge is 0.341 e. The van der Waals surface area contributed by atoms with Crippen molar-refractivity contribution in [1.82, 2.24) is 15.0 Å². The summed E-state index contributed by atoms with van der Waals surface area (Å²) in [5.41, 5.74) is 0. The molecule has 1 saturated heterocycles. The number of halogens is 1. The Morgan fingerprint density at radius 1 is 1.19 bits per heavy atom. The fourth-order valence-electron chi connectivity index (χ4n) is 2.38. The molecule has 0 saturated carbocycles. The van der Waals surface area contributed by atoms with Gasteiger partial charge >= 0.3 is 0 Å². The van der Waals surface area contributed by atoms with Crippen molar-refractivity contribution < 1.29 is 8.42 Å². The zero-order chi connectivity index (χ0) is 15.6. The van der Waals surface area contributed by atoms with Crippen molar-refractivity contribution in [2.45, 2.75) is 26.3 Å². The van der Waals surface area contributed by atoms with E-state index in [1.807, 2.05) is 18.7 Å². The van der Waals surface area contributed by atoms with E-state index in [0.717, 1.165) is 13.1 Å². The Balaban J connectivity index is 2.27. The number of nitrogens with zero attached hydrogens (tertiary/aromatic N) is 5. The molecule has 0 spiro atoms. The lowest BCUT2D eigenvalue weighted by atomic mass is 10.2. The first-order valence-corrected chi connectivity index (χ1v) is 9.16. The van der Waals surface area contributed by atoms with Crippen LogP contribution in [-0.2, 0) is 9.84 Å². The summed E-state index contributed by atoms with van der Waals surface area (Å²) in [5.74, 6) is 1.28. The molecule has 7 nitrogen and oxygen atoms in total. The summed E-state index contributed by atoms with van der Waals surface area (Å²) in [6.45, 7) is 5.54. The zero-order valence-electron chi connectivity index (χ0n) is 12.5. The summed E-state index contributed by atoms with van der Waals surface area (Å²) >= 11 is 5.98. The van der Waals surface area contributed by atoms with Crippen LogP contribution < -0.4 is 9.80 Å². The SMILES string of the molecule is CCN(CC)c1nc(Cl)nc(N(C)C2CCS(=O)(=O)C2)n1. The molecule has 0 aromatic carbocycles. The van der Waals surface area contributed by atoms with E-state index in [4.69, 9.17) is 11.6 Å². The van der Waals surface area contributed by atoms with Gasteiger partial charge in [-0.05, 0) is 31.9 Å². The van der Waals surface area contributed by atoms with Crippen molar-refractivity contribution in [3.05, 3.63) is 5.28 Å². The Labute approximate surface area is 130 Å². The lowest BCUT2D eigenvalue weighted by molar-refractivity contribution is 0.600. The van der Waals surface area contributed by atoms with Gasteiger partial charge in [-0.25, -0.2) is 8.42 Å². The molecule has 9 heteroatoms. The molecule has 118 valence electrons. The first kappa shape index (κ1) is 16.2. The molecule has 2 heterocycles. The highest BCUT2D eigenvalue weighted by atomic mass is 35.5. The first-order chi connectivity index (χ1) is 9.86. The maximum Gasteiger partial charge on any atom is 0.231 e. The Morgan fingerprint density at radius 3 is 2.33 bits per heavy atom. The molecule has 0 bridgehead atoms. The Bertz CT molecular complexity index is 606. The fraction of sp³-hybridized carbons (Fsp3) is 0.750. The second-order valence-electron chi connectivity index (χ2n) is 5.04. The lowest BCUT2D eigenvalue weighted by Gasteiger charge is -2.25. The molecule has 0 radical (unpaired) electrons. The van der Waals surface area contributed by atoms with Gasteiger partial charge in [-0.15, -0.1) is 0 Å². The molecular weight excluding hydrogens is 314 g/mol. The molecule has 1 fully saturated rings. The van der Waals surface area contributed by atoms with E-state index in [-0.39, 0.29) is 22.8 Å². The number of sulfone groups is 1. The summed E-state index contributed by atoms with van der Waals surface area (Å²) in [7, 11) is -1.16. The Hall–Kier alpha value is -1.15. The molecule has 2 rings (SSSR count). The number of hydrogen-bond donors (Lipinski definition) is 0. The van der Waals surface area contributed by atoms with Gasteiger partial charge in [0, 0.05) is 26.2 Å². The maximum absolute atomic E-state index is 11.6. The molecule has 1 aromatic rings. The van der Waals surface area contributed by atoms with Gasteiger partial charge in [-0.1, -0.05) is 0 Å². The summed E-state index contributed by atoms with van der Waals surface area (Å²) < 4.78 is 23.2. The topological polar surface area (TPSA) is 79.3 Å². The summed E-state index contributed by atoms with van der Waals surface area (Å²) in [5, 5.41) is 0.120. The fourth-order valence-corrected chi connectivity index (χ4v) is 4.30. The van der Waals surface area contributed by atoms with Crippen molar-refractivity contribution in [3.8, 4) is 0 Å². The van der Waals surface area contributed by atoms with Crippen molar-refractivity contribution in [2.75, 3.05) is 41.4 Å². The highest BCUT2D eigenvalue weighted by molar-refractivity contribution is 7.91. The molecule has 1 atom stereocenters. The van der Waals surface area contributed by atoms with Crippen molar-refractivity contribution in [1.29, 1.82) is 0 Å². The second-order valence-corrected chi connectivity index (χ2v) is 7.61. The Kier molecular flexibility index (Phi) is 4.88. The van der Waals surface area contributed by atoms with Gasteiger partial charge in [-0.2, -0.15) is 15.0 Å². The van der Waals surface area contributed by atoms with Crippen LogP contribution in [0.3, 0.4) is 0 Å². The van der Waals surface area contributed by atoms with Crippen LogP contribution in [0.15, 0.2) is 0 Å². The van der Waals surface area contributed by atoms with Gasteiger partial charge in [0.1, 0.15) is 0 Å². The highest BCUT2D eigenvalue weighted by Crippen LogP contribution is 2.22. The molecule has 1 aliphatic rings. The van der Waals surface area contributed by atoms with Crippen molar-refractivity contribution >= 4 is 33.3 Å². The normalized spacial score (nSPS) is 20.5. The monoisotopic (exact) mass is 333 g/mol. The summed E-state index contributed by atoms with van der Waals surface area (Å²) in [6, 6.07) is -0.113. The minimum absolute atomic E-state index is 0.113. The third kappa shape index (κ3) is 3.74. The van der Waals surface area contributed by atoms with Crippen LogP contribution in [0.2, 0.25) is 5.28 Å². The number of aromatic nitrogens is 3. The lowest BCUT2D eigenvalue weighted by Crippen LogP contribution is -2.35. The van der Waals surface area contributed by atoms with Crippen LogP contribution in [0.1, 0.15) is 20.3 Å². The standard InChI is InChI=1S/C12H20ClN5O2S/c1-4-18(5-2)12-15-10(13)14-11(16-12)17(3)9-6-7-21(19,20)8-9/h9H,4-8H2,1-3H3. The van der Waals surface area contributed by atoms with E-state index in [1.165, 1.54) is 0 Å². The van der Waals surface area contributed by atoms with E-state index in [0.29, 0.717) is 18.3 Å².